The molecule has 4 rings (SSSR count). The summed E-state index contributed by atoms with van der Waals surface area (Å²) in [6.07, 6.45) is 0. The van der Waals surface area contributed by atoms with Gasteiger partial charge in [0.15, 0.2) is 0 Å². The summed E-state index contributed by atoms with van der Waals surface area (Å²) in [7, 11) is 0. The van der Waals surface area contributed by atoms with Gasteiger partial charge < -0.3 is 5.11 Å². The summed E-state index contributed by atoms with van der Waals surface area (Å²) in [6.45, 7) is 5.80. The average Bonchev–Trinajstić information content (AvgIpc) is 3.04. The molecule has 0 fully saturated rings. The van der Waals surface area contributed by atoms with Gasteiger partial charge in [-0.3, -0.25) is 0 Å². The Morgan fingerprint density at radius 1 is 1.03 bits per heavy atom. The third-order valence-electron chi connectivity index (χ3n) is 5.08. The van der Waals surface area contributed by atoms with Gasteiger partial charge in [-0.15, -0.1) is 0 Å². The molecule has 2 aromatic heterocycles. The summed E-state index contributed by atoms with van der Waals surface area (Å²) in [5.41, 5.74) is 5.35. The number of rotatable bonds is 4. The van der Waals surface area contributed by atoms with Crippen LogP contribution < -0.4 is 0 Å². The van der Waals surface area contributed by atoms with E-state index < -0.39 is 5.97 Å². The average molecular weight is 388 g/mol. The van der Waals surface area contributed by atoms with Crippen molar-refractivity contribution in [3.05, 3.63) is 83.4 Å². The molecule has 4 aromatic rings. The van der Waals surface area contributed by atoms with E-state index in [0.717, 1.165) is 16.8 Å². The van der Waals surface area contributed by atoms with Gasteiger partial charge in [-0.2, -0.15) is 5.10 Å². The first-order valence-corrected chi connectivity index (χ1v) is 9.49. The van der Waals surface area contributed by atoms with E-state index in [-0.39, 0.29) is 17.3 Å². The Kier molecular flexibility index (Phi) is 4.66. The van der Waals surface area contributed by atoms with Crippen LogP contribution in [-0.2, 0) is 0 Å². The maximum absolute atomic E-state index is 13.6. The highest BCUT2D eigenvalue weighted by Crippen LogP contribution is 2.39. The van der Waals surface area contributed by atoms with Gasteiger partial charge in [-0.1, -0.05) is 56.3 Å². The van der Waals surface area contributed by atoms with Crippen LogP contribution in [0.5, 0.6) is 0 Å². The first-order chi connectivity index (χ1) is 13.9. The molecule has 2 aromatic carbocycles. The van der Waals surface area contributed by atoms with Gasteiger partial charge in [0.25, 0.3) is 0 Å². The van der Waals surface area contributed by atoms with Crippen molar-refractivity contribution in [2.24, 2.45) is 0 Å². The molecule has 2 heterocycles. The lowest BCUT2D eigenvalue weighted by atomic mass is 9.92. The lowest BCUT2D eigenvalue weighted by Gasteiger charge is -2.17. The zero-order valence-corrected chi connectivity index (χ0v) is 16.5. The summed E-state index contributed by atoms with van der Waals surface area (Å²) < 4.78 is 15.4. The summed E-state index contributed by atoms with van der Waals surface area (Å²) in [4.78, 5) is 12.4. The van der Waals surface area contributed by atoms with Gasteiger partial charge >= 0.3 is 5.97 Å². The summed E-state index contributed by atoms with van der Waals surface area (Å²) in [5, 5.41) is 14.8. The molecule has 146 valence electrons. The number of carboxylic acids is 1. The normalized spacial score (nSPS) is 11.3. The van der Waals surface area contributed by atoms with Gasteiger partial charge in [-0.25, -0.2) is 13.7 Å². The Bertz CT molecular complexity index is 1210. The quantitative estimate of drug-likeness (QED) is 0.471. The third-order valence-corrected chi connectivity index (χ3v) is 5.08. The summed E-state index contributed by atoms with van der Waals surface area (Å²) in [5.74, 6) is -1.50. The third kappa shape index (κ3) is 3.18. The Morgan fingerprint density at radius 2 is 1.69 bits per heavy atom. The van der Waals surface area contributed by atoms with Gasteiger partial charge in [0.1, 0.15) is 5.82 Å². The van der Waals surface area contributed by atoms with Gasteiger partial charge in [0.05, 0.1) is 16.8 Å². The minimum atomic E-state index is -1.04. The predicted molar refractivity (Wildman–Crippen MR) is 112 cm³/mol. The minimum absolute atomic E-state index is 0.0910. The van der Waals surface area contributed by atoms with Crippen LogP contribution in [0.4, 0.5) is 4.39 Å². The molecule has 0 atom stereocenters. The van der Waals surface area contributed by atoms with Crippen molar-refractivity contribution in [1.82, 2.24) is 9.61 Å². The number of nitrogens with zero attached hydrogens (tertiary/aromatic N) is 2. The largest absolute Gasteiger partial charge is 0.478 e. The van der Waals surface area contributed by atoms with Crippen molar-refractivity contribution in [3.63, 3.8) is 0 Å². The molecule has 1 N–H and O–H groups in total. The van der Waals surface area contributed by atoms with Crippen LogP contribution >= 0.6 is 0 Å². The number of aryl methyl sites for hydroxylation is 1. The molecule has 0 spiro atoms. The van der Waals surface area contributed by atoms with Crippen molar-refractivity contribution >= 4 is 11.5 Å². The number of halogens is 1. The van der Waals surface area contributed by atoms with E-state index in [2.05, 4.69) is 0 Å². The zero-order chi connectivity index (χ0) is 20.7. The van der Waals surface area contributed by atoms with Gasteiger partial charge in [-0.05, 0) is 42.2 Å². The molecule has 0 aliphatic heterocycles. The highest BCUT2D eigenvalue weighted by atomic mass is 19.1. The molecular weight excluding hydrogens is 367 g/mol. The number of hydrogen-bond donors (Lipinski definition) is 1. The van der Waals surface area contributed by atoms with E-state index in [4.69, 9.17) is 5.10 Å². The second-order valence-electron chi connectivity index (χ2n) is 7.43. The molecule has 0 aliphatic carbocycles. The number of benzene rings is 2. The van der Waals surface area contributed by atoms with Crippen LogP contribution in [0.25, 0.3) is 27.8 Å². The van der Waals surface area contributed by atoms with Crippen LogP contribution in [0.1, 0.15) is 41.5 Å². The monoisotopic (exact) mass is 388 g/mol. The zero-order valence-electron chi connectivity index (χ0n) is 16.5. The molecule has 0 unspecified atom stereocenters. The molecule has 0 bridgehead atoms. The van der Waals surface area contributed by atoms with Crippen LogP contribution in [0, 0.1) is 12.7 Å². The van der Waals surface area contributed by atoms with E-state index in [1.807, 2.05) is 61.7 Å². The molecule has 0 radical (unpaired) electrons. The topological polar surface area (TPSA) is 54.6 Å². The number of fused-ring (bicyclic) bond motifs is 1. The Balaban J connectivity index is 2.21. The minimum Gasteiger partial charge on any atom is -0.478 e. The summed E-state index contributed by atoms with van der Waals surface area (Å²) >= 11 is 0. The Labute approximate surface area is 168 Å². The molecular formula is C24H21FN2O2. The van der Waals surface area contributed by atoms with E-state index in [9.17, 15) is 14.3 Å². The number of hydrogen-bond acceptors (Lipinski definition) is 2. The Morgan fingerprint density at radius 3 is 2.28 bits per heavy atom. The van der Waals surface area contributed by atoms with Crippen molar-refractivity contribution < 1.29 is 14.3 Å². The predicted octanol–water partition coefficient (Wildman–Crippen LogP) is 5.94. The molecule has 0 amide bonds. The number of carbonyl (C=O) groups is 1. The van der Waals surface area contributed by atoms with Crippen molar-refractivity contribution in [1.29, 1.82) is 0 Å². The number of aromatic carboxylic acids is 1. The first kappa shape index (κ1) is 18.9. The molecule has 0 saturated carbocycles. The fraction of sp³-hybridized carbons (Fsp3) is 0.167. The molecule has 0 saturated heterocycles. The summed E-state index contributed by atoms with van der Waals surface area (Å²) in [6, 6.07) is 17.8. The van der Waals surface area contributed by atoms with E-state index in [1.165, 1.54) is 12.1 Å². The van der Waals surface area contributed by atoms with Gasteiger partial charge in [0, 0.05) is 16.8 Å². The van der Waals surface area contributed by atoms with Crippen LogP contribution in [0.15, 0.2) is 60.7 Å². The highest BCUT2D eigenvalue weighted by Gasteiger charge is 2.26. The standard InChI is InChI=1S/C24H21FN2O2/c1-14(2)22-21(24(28)29)20(17-9-11-18(25)12-10-17)23-19(13-15(3)27(23)26-22)16-7-5-4-6-8-16/h4-14H,1-3H3,(H,28,29). The van der Waals surface area contributed by atoms with E-state index in [0.29, 0.717) is 22.3 Å². The molecule has 5 heteroatoms. The van der Waals surface area contributed by atoms with E-state index in [1.54, 1.807) is 12.1 Å². The fourth-order valence-corrected chi connectivity index (χ4v) is 3.76. The van der Waals surface area contributed by atoms with Crippen molar-refractivity contribution in [3.8, 4) is 22.3 Å². The molecule has 29 heavy (non-hydrogen) atoms. The fourth-order valence-electron chi connectivity index (χ4n) is 3.76. The second-order valence-corrected chi connectivity index (χ2v) is 7.43. The lowest BCUT2D eigenvalue weighted by molar-refractivity contribution is 0.0695. The first-order valence-electron chi connectivity index (χ1n) is 9.49. The van der Waals surface area contributed by atoms with E-state index >= 15 is 0 Å². The maximum Gasteiger partial charge on any atom is 0.338 e. The molecule has 4 nitrogen and oxygen atoms in total. The smallest absolute Gasteiger partial charge is 0.338 e. The van der Waals surface area contributed by atoms with Crippen molar-refractivity contribution in [2.45, 2.75) is 26.7 Å². The van der Waals surface area contributed by atoms with Crippen LogP contribution in [0.2, 0.25) is 0 Å². The maximum atomic E-state index is 13.6. The van der Waals surface area contributed by atoms with Crippen LogP contribution in [0.3, 0.4) is 0 Å². The van der Waals surface area contributed by atoms with Crippen LogP contribution in [-0.4, -0.2) is 20.7 Å². The SMILES string of the molecule is Cc1cc(-c2ccccc2)c2c(-c3ccc(F)cc3)c(C(=O)O)c(C(C)C)nn12. The Hall–Kier alpha value is -3.47. The molecule has 0 aliphatic rings. The highest BCUT2D eigenvalue weighted by molar-refractivity contribution is 6.05. The number of carboxylic acid groups (broad SMARTS) is 1. The van der Waals surface area contributed by atoms with Crippen molar-refractivity contribution in [2.75, 3.05) is 0 Å². The second kappa shape index (κ2) is 7.17. The lowest BCUT2D eigenvalue weighted by Crippen LogP contribution is -2.13. The van der Waals surface area contributed by atoms with Gasteiger partial charge in [0.2, 0.25) is 0 Å². The number of aromatic nitrogens is 2.